The topological polar surface area (TPSA) is 24.9 Å². The van der Waals surface area contributed by atoms with Crippen LogP contribution < -0.4 is 5.32 Å². The molecule has 2 nitrogen and oxygen atoms in total. The van der Waals surface area contributed by atoms with Crippen molar-refractivity contribution in [3.8, 4) is 0 Å². The standard InChI is InChI=1S/C22H20N2/c1-16(20-11-6-9-18-7-2-4-10-21(18)20)23-14-17-13-19-8-3-5-12-22(19)24-15-17/h2-13,15-16,23H,14H2,1H3/t16-/m1/s1. The van der Waals surface area contributed by atoms with Gasteiger partial charge in [0.1, 0.15) is 0 Å². The van der Waals surface area contributed by atoms with Gasteiger partial charge in [0.05, 0.1) is 5.52 Å². The Morgan fingerprint density at radius 3 is 2.54 bits per heavy atom. The summed E-state index contributed by atoms with van der Waals surface area (Å²) in [6, 6.07) is 25.8. The number of hydrogen-bond donors (Lipinski definition) is 1. The summed E-state index contributed by atoms with van der Waals surface area (Å²) in [5.74, 6) is 0. The van der Waals surface area contributed by atoms with E-state index < -0.39 is 0 Å². The first kappa shape index (κ1) is 14.9. The van der Waals surface area contributed by atoms with Crippen LogP contribution in [0.4, 0.5) is 0 Å². The largest absolute Gasteiger partial charge is 0.306 e. The molecule has 0 saturated heterocycles. The summed E-state index contributed by atoms with van der Waals surface area (Å²) in [5.41, 5.74) is 3.59. The predicted molar refractivity (Wildman–Crippen MR) is 101 cm³/mol. The molecule has 0 radical (unpaired) electrons. The second-order valence-corrected chi connectivity index (χ2v) is 6.21. The van der Waals surface area contributed by atoms with E-state index in [1.165, 1.54) is 27.3 Å². The number of rotatable bonds is 4. The predicted octanol–water partition coefficient (Wildman–Crippen LogP) is 5.24. The van der Waals surface area contributed by atoms with E-state index in [9.17, 15) is 0 Å². The summed E-state index contributed by atoms with van der Waals surface area (Å²) in [6.07, 6.45) is 1.96. The van der Waals surface area contributed by atoms with Crippen molar-refractivity contribution in [1.29, 1.82) is 0 Å². The molecule has 1 aromatic heterocycles. The van der Waals surface area contributed by atoms with E-state index in [1.807, 2.05) is 18.3 Å². The molecular formula is C22H20N2. The fourth-order valence-electron chi connectivity index (χ4n) is 3.22. The summed E-state index contributed by atoms with van der Waals surface area (Å²) in [4.78, 5) is 4.54. The highest BCUT2D eigenvalue weighted by atomic mass is 14.9. The second kappa shape index (κ2) is 6.42. The summed E-state index contributed by atoms with van der Waals surface area (Å²) >= 11 is 0. The first-order chi connectivity index (χ1) is 11.8. The van der Waals surface area contributed by atoms with Crippen LogP contribution in [0.5, 0.6) is 0 Å². The molecule has 0 aliphatic rings. The van der Waals surface area contributed by atoms with Crippen molar-refractivity contribution in [2.45, 2.75) is 19.5 Å². The van der Waals surface area contributed by atoms with Crippen LogP contribution in [0.1, 0.15) is 24.1 Å². The first-order valence-electron chi connectivity index (χ1n) is 8.36. The maximum absolute atomic E-state index is 4.54. The number of nitrogens with one attached hydrogen (secondary N) is 1. The highest BCUT2D eigenvalue weighted by Crippen LogP contribution is 2.24. The number of pyridine rings is 1. The molecule has 4 aromatic rings. The third-order valence-electron chi connectivity index (χ3n) is 4.55. The lowest BCUT2D eigenvalue weighted by Gasteiger charge is -2.17. The highest BCUT2D eigenvalue weighted by Gasteiger charge is 2.09. The average molecular weight is 312 g/mol. The van der Waals surface area contributed by atoms with Crippen molar-refractivity contribution < 1.29 is 0 Å². The SMILES string of the molecule is C[C@@H](NCc1cnc2ccccc2c1)c1cccc2ccccc12. The zero-order valence-electron chi connectivity index (χ0n) is 13.7. The number of nitrogens with zero attached hydrogens (tertiary/aromatic N) is 1. The van der Waals surface area contributed by atoms with Crippen molar-refractivity contribution in [2.75, 3.05) is 0 Å². The monoisotopic (exact) mass is 312 g/mol. The highest BCUT2D eigenvalue weighted by molar-refractivity contribution is 5.86. The van der Waals surface area contributed by atoms with Crippen molar-refractivity contribution in [1.82, 2.24) is 10.3 Å². The van der Waals surface area contributed by atoms with Crippen molar-refractivity contribution in [3.05, 3.63) is 90.1 Å². The molecule has 1 atom stereocenters. The van der Waals surface area contributed by atoms with Gasteiger partial charge in [-0.05, 0) is 41.0 Å². The third kappa shape index (κ3) is 2.89. The van der Waals surface area contributed by atoms with Crippen LogP contribution in [0.15, 0.2) is 79.0 Å². The van der Waals surface area contributed by atoms with Gasteiger partial charge >= 0.3 is 0 Å². The molecule has 1 heterocycles. The van der Waals surface area contributed by atoms with Crippen molar-refractivity contribution >= 4 is 21.7 Å². The lowest BCUT2D eigenvalue weighted by Crippen LogP contribution is -2.18. The Hall–Kier alpha value is -2.71. The van der Waals surface area contributed by atoms with Gasteiger partial charge in [0.15, 0.2) is 0 Å². The molecule has 0 amide bonds. The molecule has 4 rings (SSSR count). The van der Waals surface area contributed by atoms with E-state index in [0.29, 0.717) is 0 Å². The van der Waals surface area contributed by atoms with Crippen LogP contribution in [0.3, 0.4) is 0 Å². The fraction of sp³-hybridized carbons (Fsp3) is 0.136. The molecule has 118 valence electrons. The lowest BCUT2D eigenvalue weighted by atomic mass is 9.99. The van der Waals surface area contributed by atoms with E-state index in [4.69, 9.17) is 0 Å². The van der Waals surface area contributed by atoms with E-state index in [1.54, 1.807) is 0 Å². The number of hydrogen-bond acceptors (Lipinski definition) is 2. The van der Waals surface area contributed by atoms with Gasteiger partial charge in [0.25, 0.3) is 0 Å². The Morgan fingerprint density at radius 2 is 1.62 bits per heavy atom. The van der Waals surface area contributed by atoms with Crippen LogP contribution in [-0.4, -0.2) is 4.98 Å². The van der Waals surface area contributed by atoms with Gasteiger partial charge in [-0.3, -0.25) is 4.98 Å². The number of fused-ring (bicyclic) bond motifs is 2. The maximum Gasteiger partial charge on any atom is 0.0702 e. The summed E-state index contributed by atoms with van der Waals surface area (Å²) in [6.45, 7) is 3.03. The zero-order valence-corrected chi connectivity index (χ0v) is 13.7. The minimum Gasteiger partial charge on any atom is -0.306 e. The van der Waals surface area contributed by atoms with Crippen LogP contribution in [0.2, 0.25) is 0 Å². The molecular weight excluding hydrogens is 292 g/mol. The molecule has 0 saturated carbocycles. The summed E-state index contributed by atoms with van der Waals surface area (Å²) in [5, 5.41) is 7.43. The molecule has 0 fully saturated rings. The van der Waals surface area contributed by atoms with Crippen LogP contribution >= 0.6 is 0 Å². The van der Waals surface area contributed by atoms with Crippen LogP contribution in [0.25, 0.3) is 21.7 Å². The van der Waals surface area contributed by atoms with Gasteiger partial charge in [-0.25, -0.2) is 0 Å². The second-order valence-electron chi connectivity index (χ2n) is 6.21. The summed E-state index contributed by atoms with van der Waals surface area (Å²) < 4.78 is 0. The fourth-order valence-corrected chi connectivity index (χ4v) is 3.22. The Balaban J connectivity index is 1.55. The minimum atomic E-state index is 0.280. The van der Waals surface area contributed by atoms with Crippen molar-refractivity contribution in [3.63, 3.8) is 0 Å². The normalized spacial score (nSPS) is 12.5. The molecule has 0 unspecified atom stereocenters. The van der Waals surface area contributed by atoms with Gasteiger partial charge in [0.2, 0.25) is 0 Å². The summed E-state index contributed by atoms with van der Waals surface area (Å²) in [7, 11) is 0. The average Bonchev–Trinajstić information content (AvgIpc) is 2.65. The van der Waals surface area contributed by atoms with E-state index in [-0.39, 0.29) is 6.04 Å². The Labute approximate surface area is 142 Å². The lowest BCUT2D eigenvalue weighted by molar-refractivity contribution is 0.577. The molecule has 3 aromatic carbocycles. The van der Waals surface area contributed by atoms with Crippen LogP contribution in [0, 0.1) is 0 Å². The van der Waals surface area contributed by atoms with Crippen molar-refractivity contribution in [2.24, 2.45) is 0 Å². The molecule has 0 spiro atoms. The molecule has 24 heavy (non-hydrogen) atoms. The third-order valence-corrected chi connectivity index (χ3v) is 4.55. The Bertz CT molecular complexity index is 986. The number of para-hydroxylation sites is 1. The maximum atomic E-state index is 4.54. The van der Waals surface area contributed by atoms with Gasteiger partial charge in [-0.1, -0.05) is 60.7 Å². The first-order valence-corrected chi connectivity index (χ1v) is 8.36. The quantitative estimate of drug-likeness (QED) is 0.557. The van der Waals surface area contributed by atoms with Gasteiger partial charge < -0.3 is 5.32 Å². The molecule has 1 N–H and O–H groups in total. The van der Waals surface area contributed by atoms with E-state index in [0.717, 1.165) is 12.1 Å². The molecule has 0 bridgehead atoms. The van der Waals surface area contributed by atoms with E-state index in [2.05, 4.69) is 77.9 Å². The molecule has 0 aliphatic heterocycles. The smallest absolute Gasteiger partial charge is 0.0702 e. The van der Waals surface area contributed by atoms with Gasteiger partial charge in [0, 0.05) is 24.2 Å². The number of aromatic nitrogens is 1. The van der Waals surface area contributed by atoms with E-state index >= 15 is 0 Å². The zero-order chi connectivity index (χ0) is 16.4. The Kier molecular flexibility index (Phi) is 3.97. The van der Waals surface area contributed by atoms with Gasteiger partial charge in [-0.15, -0.1) is 0 Å². The number of benzene rings is 3. The molecule has 0 aliphatic carbocycles. The van der Waals surface area contributed by atoms with Crippen LogP contribution in [-0.2, 0) is 6.54 Å². The molecule has 2 heteroatoms. The van der Waals surface area contributed by atoms with Gasteiger partial charge in [-0.2, -0.15) is 0 Å². The minimum absolute atomic E-state index is 0.280. The Morgan fingerprint density at radius 1 is 0.875 bits per heavy atom.